The minimum absolute atomic E-state index is 0.625. The van der Waals surface area contributed by atoms with Crippen molar-refractivity contribution in [1.82, 2.24) is 19.7 Å². The first-order chi connectivity index (χ1) is 15.2. The average molecular weight is 451 g/mol. The van der Waals surface area contributed by atoms with Crippen LogP contribution in [-0.4, -0.2) is 34.0 Å². The van der Waals surface area contributed by atoms with Crippen LogP contribution >= 0.6 is 23.1 Å². The van der Waals surface area contributed by atoms with Gasteiger partial charge < -0.3 is 9.47 Å². The lowest BCUT2D eigenvalue weighted by molar-refractivity contribution is 0.415. The Labute approximate surface area is 189 Å². The van der Waals surface area contributed by atoms with E-state index < -0.39 is 0 Å². The number of methoxy groups -OCH3 is 2. The normalized spacial score (nSPS) is 10.8. The summed E-state index contributed by atoms with van der Waals surface area (Å²) in [4.78, 5) is 4.79. The summed E-state index contributed by atoms with van der Waals surface area (Å²) < 4.78 is 12.8. The monoisotopic (exact) mass is 450 g/mol. The van der Waals surface area contributed by atoms with E-state index in [1.165, 1.54) is 0 Å². The summed E-state index contributed by atoms with van der Waals surface area (Å²) in [6.07, 6.45) is 1.85. The molecule has 4 rings (SSSR count). The van der Waals surface area contributed by atoms with Crippen molar-refractivity contribution in [3.05, 3.63) is 72.3 Å². The molecule has 0 saturated heterocycles. The van der Waals surface area contributed by atoms with Gasteiger partial charge in [0, 0.05) is 23.2 Å². The summed E-state index contributed by atoms with van der Waals surface area (Å²) in [5, 5.41) is 12.7. The van der Waals surface area contributed by atoms with E-state index in [4.69, 9.17) is 14.5 Å². The Hall–Kier alpha value is -3.10. The van der Waals surface area contributed by atoms with Crippen LogP contribution in [0.5, 0.6) is 11.5 Å². The number of hydrogen-bond donors (Lipinski definition) is 0. The van der Waals surface area contributed by atoms with E-state index >= 15 is 0 Å². The smallest absolute Gasteiger partial charge is 0.192 e. The van der Waals surface area contributed by atoms with E-state index in [0.717, 1.165) is 44.3 Å². The summed E-state index contributed by atoms with van der Waals surface area (Å²) in [6.45, 7) is 4.51. The van der Waals surface area contributed by atoms with Gasteiger partial charge in [-0.05, 0) is 36.4 Å². The zero-order valence-corrected chi connectivity index (χ0v) is 18.9. The SMILES string of the molecule is C=CCn1c(SCc2csc(-c3ccccc3OC)n2)nnc1-c1ccc(OC)cc1. The maximum atomic E-state index is 5.46. The van der Waals surface area contributed by atoms with Gasteiger partial charge in [-0.25, -0.2) is 4.98 Å². The van der Waals surface area contributed by atoms with E-state index in [1.807, 2.05) is 54.6 Å². The number of para-hydroxylation sites is 1. The largest absolute Gasteiger partial charge is 0.497 e. The lowest BCUT2D eigenvalue weighted by Gasteiger charge is -2.08. The molecule has 8 heteroatoms. The second-order valence-corrected chi connectivity index (χ2v) is 8.37. The van der Waals surface area contributed by atoms with E-state index in [-0.39, 0.29) is 0 Å². The van der Waals surface area contributed by atoms with Crippen molar-refractivity contribution in [3.8, 4) is 33.5 Å². The lowest BCUT2D eigenvalue weighted by atomic mass is 10.2. The fourth-order valence-electron chi connectivity index (χ4n) is 3.10. The third-order valence-corrected chi connectivity index (χ3v) is 6.54. The highest BCUT2D eigenvalue weighted by molar-refractivity contribution is 7.98. The predicted octanol–water partition coefficient (Wildman–Crippen LogP) is 5.56. The van der Waals surface area contributed by atoms with E-state index in [1.54, 1.807) is 37.3 Å². The van der Waals surface area contributed by atoms with Crippen LogP contribution in [0.2, 0.25) is 0 Å². The third-order valence-electron chi connectivity index (χ3n) is 4.62. The van der Waals surface area contributed by atoms with Gasteiger partial charge in [0.1, 0.15) is 16.5 Å². The number of ether oxygens (including phenoxy) is 2. The van der Waals surface area contributed by atoms with Gasteiger partial charge in [0.2, 0.25) is 0 Å². The van der Waals surface area contributed by atoms with E-state index in [9.17, 15) is 0 Å². The first-order valence-corrected chi connectivity index (χ1v) is 11.5. The fourth-order valence-corrected chi connectivity index (χ4v) is 4.89. The summed E-state index contributed by atoms with van der Waals surface area (Å²) in [7, 11) is 3.33. The molecule has 31 heavy (non-hydrogen) atoms. The van der Waals surface area contributed by atoms with Crippen molar-refractivity contribution in [1.29, 1.82) is 0 Å². The van der Waals surface area contributed by atoms with Crippen molar-refractivity contribution in [2.24, 2.45) is 0 Å². The standard InChI is InChI=1S/C23H22N4O2S2/c1-4-13-27-21(16-9-11-18(28-2)12-10-16)25-26-23(27)31-15-17-14-30-22(24-17)19-7-5-6-8-20(19)29-3/h4-12,14H,1,13,15H2,2-3H3. The zero-order chi connectivity index (χ0) is 21.6. The van der Waals surface area contributed by atoms with Crippen molar-refractivity contribution in [3.63, 3.8) is 0 Å². The molecule has 0 aliphatic rings. The third kappa shape index (κ3) is 4.65. The summed E-state index contributed by atoms with van der Waals surface area (Å²) in [5.41, 5.74) is 2.98. The zero-order valence-electron chi connectivity index (χ0n) is 17.3. The molecule has 0 saturated carbocycles. The molecular weight excluding hydrogens is 428 g/mol. The Balaban J connectivity index is 1.53. The Morgan fingerprint density at radius 3 is 2.61 bits per heavy atom. The van der Waals surface area contributed by atoms with Gasteiger partial charge in [0.05, 0.1) is 25.5 Å². The first kappa shape index (κ1) is 21.1. The summed E-state index contributed by atoms with van der Waals surface area (Å²) in [5.74, 6) is 3.13. The molecule has 0 aliphatic carbocycles. The molecule has 2 aromatic heterocycles. The summed E-state index contributed by atoms with van der Waals surface area (Å²) >= 11 is 3.22. The molecule has 4 aromatic rings. The minimum Gasteiger partial charge on any atom is -0.497 e. The molecule has 0 amide bonds. The van der Waals surface area contributed by atoms with Crippen molar-refractivity contribution in [2.75, 3.05) is 14.2 Å². The quantitative estimate of drug-likeness (QED) is 0.246. The number of allylic oxidation sites excluding steroid dienone is 1. The highest BCUT2D eigenvalue weighted by Gasteiger charge is 2.15. The number of aromatic nitrogens is 4. The molecule has 0 radical (unpaired) electrons. The highest BCUT2D eigenvalue weighted by Crippen LogP contribution is 2.33. The van der Waals surface area contributed by atoms with Crippen LogP contribution in [0.25, 0.3) is 22.0 Å². The highest BCUT2D eigenvalue weighted by atomic mass is 32.2. The number of nitrogens with zero attached hydrogens (tertiary/aromatic N) is 4. The number of rotatable bonds is 9. The van der Waals surface area contributed by atoms with Crippen LogP contribution in [-0.2, 0) is 12.3 Å². The Morgan fingerprint density at radius 2 is 1.87 bits per heavy atom. The van der Waals surface area contributed by atoms with Gasteiger partial charge in [-0.2, -0.15) is 0 Å². The number of benzene rings is 2. The van der Waals surface area contributed by atoms with Crippen LogP contribution in [0.3, 0.4) is 0 Å². The van der Waals surface area contributed by atoms with Gasteiger partial charge in [0.15, 0.2) is 11.0 Å². The molecule has 2 aromatic carbocycles. The molecule has 0 N–H and O–H groups in total. The molecule has 158 valence electrons. The second-order valence-electron chi connectivity index (χ2n) is 6.57. The van der Waals surface area contributed by atoms with Gasteiger partial charge in [-0.3, -0.25) is 4.57 Å². The molecule has 0 bridgehead atoms. The maximum absolute atomic E-state index is 5.46. The van der Waals surface area contributed by atoms with Crippen LogP contribution in [0.15, 0.2) is 71.7 Å². The van der Waals surface area contributed by atoms with Crippen LogP contribution in [0, 0.1) is 0 Å². The van der Waals surface area contributed by atoms with Crippen LogP contribution < -0.4 is 9.47 Å². The van der Waals surface area contributed by atoms with Gasteiger partial charge in [-0.1, -0.05) is 30.0 Å². The van der Waals surface area contributed by atoms with E-state index in [0.29, 0.717) is 12.3 Å². The molecule has 2 heterocycles. The second kappa shape index (κ2) is 9.80. The lowest BCUT2D eigenvalue weighted by Crippen LogP contribution is -2.00. The molecule has 0 aliphatic heterocycles. The fraction of sp³-hybridized carbons (Fsp3) is 0.174. The molecular formula is C23H22N4O2S2. The van der Waals surface area contributed by atoms with Crippen LogP contribution in [0.4, 0.5) is 0 Å². The molecule has 6 nitrogen and oxygen atoms in total. The predicted molar refractivity (Wildman–Crippen MR) is 126 cm³/mol. The Morgan fingerprint density at radius 1 is 1.06 bits per heavy atom. The first-order valence-electron chi connectivity index (χ1n) is 9.62. The molecule has 0 spiro atoms. The van der Waals surface area contributed by atoms with Crippen molar-refractivity contribution >= 4 is 23.1 Å². The van der Waals surface area contributed by atoms with Crippen molar-refractivity contribution in [2.45, 2.75) is 17.5 Å². The van der Waals surface area contributed by atoms with Crippen LogP contribution in [0.1, 0.15) is 5.69 Å². The van der Waals surface area contributed by atoms with Crippen molar-refractivity contribution < 1.29 is 9.47 Å². The number of hydrogen-bond acceptors (Lipinski definition) is 7. The van der Waals surface area contributed by atoms with Gasteiger partial charge in [-0.15, -0.1) is 28.1 Å². The van der Waals surface area contributed by atoms with Gasteiger partial charge in [0.25, 0.3) is 0 Å². The Bertz CT molecular complexity index is 1170. The molecule has 0 fully saturated rings. The van der Waals surface area contributed by atoms with E-state index in [2.05, 4.69) is 26.7 Å². The molecule has 0 atom stereocenters. The Kier molecular flexibility index (Phi) is 6.69. The number of thiazole rings is 1. The average Bonchev–Trinajstić information content (AvgIpc) is 3.45. The molecule has 0 unspecified atom stereocenters. The van der Waals surface area contributed by atoms with Gasteiger partial charge >= 0.3 is 0 Å². The summed E-state index contributed by atoms with van der Waals surface area (Å²) in [6, 6.07) is 15.7. The maximum Gasteiger partial charge on any atom is 0.192 e. The topological polar surface area (TPSA) is 62.1 Å². The minimum atomic E-state index is 0.625. The number of thioether (sulfide) groups is 1.